The lowest BCUT2D eigenvalue weighted by atomic mass is 10.4. The Morgan fingerprint density at radius 3 is 2.56 bits per heavy atom. The van der Waals surface area contributed by atoms with Crippen LogP contribution in [0, 0.1) is 11.6 Å². The molecule has 0 aliphatic carbocycles. The zero-order valence-electron chi connectivity index (χ0n) is 5.59. The van der Waals surface area contributed by atoms with Crippen molar-refractivity contribution in [2.45, 2.75) is 6.92 Å². The molecule has 0 saturated heterocycles. The minimum absolute atomic E-state index is 0.884. The Morgan fingerprint density at radius 2 is 2.11 bits per heavy atom. The molecule has 1 aromatic heterocycles. The van der Waals surface area contributed by atoms with Gasteiger partial charge < -0.3 is 4.57 Å². The molecule has 1 rings (SSSR count). The predicted molar refractivity (Wildman–Crippen MR) is 41.0 cm³/mol. The van der Waals surface area contributed by atoms with E-state index in [-0.39, 0.29) is 0 Å². The van der Waals surface area contributed by atoms with Crippen LogP contribution in [0.2, 0.25) is 0 Å². The monoisotopic (exact) mass is 139 g/mol. The molecule has 0 unspecified atom stereocenters. The van der Waals surface area contributed by atoms with Gasteiger partial charge in [0.2, 0.25) is 0 Å². The van der Waals surface area contributed by atoms with Gasteiger partial charge in [-0.05, 0) is 19.1 Å². The summed E-state index contributed by atoms with van der Waals surface area (Å²) in [4.78, 5) is 0. The lowest BCUT2D eigenvalue weighted by Crippen LogP contribution is -1.95. The van der Waals surface area contributed by atoms with Crippen molar-refractivity contribution in [1.82, 2.24) is 4.57 Å². The van der Waals surface area contributed by atoms with Crippen molar-refractivity contribution in [2.24, 2.45) is 7.05 Å². The second-order valence-electron chi connectivity index (χ2n) is 2.06. The van der Waals surface area contributed by atoms with Gasteiger partial charge in [0.15, 0.2) is 0 Å². The van der Waals surface area contributed by atoms with Gasteiger partial charge in [-0.15, -0.1) is 0 Å². The fourth-order valence-corrected chi connectivity index (χ4v) is 0.890. The summed E-state index contributed by atoms with van der Waals surface area (Å²) in [7, 11) is 1.97. The predicted octanol–water partition coefficient (Wildman–Crippen LogP) is 2.06. The van der Waals surface area contributed by atoms with E-state index in [2.05, 4.69) is 0 Å². The second kappa shape index (κ2) is 2.31. The van der Waals surface area contributed by atoms with Gasteiger partial charge in [0, 0.05) is 12.7 Å². The van der Waals surface area contributed by atoms with Crippen LogP contribution in [0.1, 0.15) is 5.69 Å². The SMILES string of the molecule is Cc1cccc(=S)n1C. The molecule has 0 N–H and O–H groups in total. The van der Waals surface area contributed by atoms with E-state index in [9.17, 15) is 0 Å². The first-order valence-corrected chi connectivity index (χ1v) is 3.25. The van der Waals surface area contributed by atoms with Crippen molar-refractivity contribution in [2.75, 3.05) is 0 Å². The Morgan fingerprint density at radius 1 is 1.44 bits per heavy atom. The number of aryl methyl sites for hydroxylation is 1. The van der Waals surface area contributed by atoms with E-state index in [1.165, 1.54) is 5.69 Å². The number of hydrogen-bond acceptors (Lipinski definition) is 1. The zero-order chi connectivity index (χ0) is 6.85. The third-order valence-corrected chi connectivity index (χ3v) is 1.85. The molecule has 9 heavy (non-hydrogen) atoms. The molecule has 2 heteroatoms. The quantitative estimate of drug-likeness (QED) is 0.498. The highest BCUT2D eigenvalue weighted by Crippen LogP contribution is 1.96. The van der Waals surface area contributed by atoms with Gasteiger partial charge in [0.05, 0.1) is 0 Å². The van der Waals surface area contributed by atoms with Crippen LogP contribution in [0.3, 0.4) is 0 Å². The third kappa shape index (κ3) is 1.19. The van der Waals surface area contributed by atoms with Gasteiger partial charge in [0.25, 0.3) is 0 Å². The molecule has 0 spiro atoms. The largest absolute Gasteiger partial charge is 0.340 e. The molecule has 1 nitrogen and oxygen atoms in total. The molecule has 0 saturated carbocycles. The Bertz CT molecular complexity index is 262. The van der Waals surface area contributed by atoms with Gasteiger partial charge in [-0.2, -0.15) is 0 Å². The number of pyridine rings is 1. The Hall–Kier alpha value is -0.630. The summed E-state index contributed by atoms with van der Waals surface area (Å²) in [6.45, 7) is 2.04. The molecule has 48 valence electrons. The molecule has 1 heterocycles. The maximum absolute atomic E-state index is 5.00. The minimum Gasteiger partial charge on any atom is -0.340 e. The van der Waals surface area contributed by atoms with Crippen molar-refractivity contribution in [3.05, 3.63) is 28.5 Å². The second-order valence-corrected chi connectivity index (χ2v) is 2.48. The van der Waals surface area contributed by atoms with Gasteiger partial charge in [-0.1, -0.05) is 18.3 Å². The highest BCUT2D eigenvalue weighted by atomic mass is 32.1. The first kappa shape index (κ1) is 6.49. The molecule has 0 bridgehead atoms. The van der Waals surface area contributed by atoms with E-state index in [4.69, 9.17) is 12.2 Å². The topological polar surface area (TPSA) is 4.93 Å². The Kier molecular flexibility index (Phi) is 1.67. The van der Waals surface area contributed by atoms with Crippen LogP contribution in [0.4, 0.5) is 0 Å². The average molecular weight is 139 g/mol. The van der Waals surface area contributed by atoms with Crippen molar-refractivity contribution < 1.29 is 0 Å². The number of rotatable bonds is 0. The van der Waals surface area contributed by atoms with E-state index in [0.717, 1.165) is 4.64 Å². The fourth-order valence-electron chi connectivity index (χ4n) is 0.667. The maximum atomic E-state index is 5.00. The van der Waals surface area contributed by atoms with E-state index >= 15 is 0 Å². The van der Waals surface area contributed by atoms with Crippen LogP contribution in [0.15, 0.2) is 18.2 Å². The van der Waals surface area contributed by atoms with E-state index in [1.807, 2.05) is 36.7 Å². The molecule has 0 radical (unpaired) electrons. The molecule has 0 aliphatic rings. The molecule has 0 atom stereocenters. The molecular formula is C7H9NS. The van der Waals surface area contributed by atoms with Gasteiger partial charge in [-0.25, -0.2) is 0 Å². The van der Waals surface area contributed by atoms with Crippen LogP contribution < -0.4 is 0 Å². The number of nitrogens with zero attached hydrogens (tertiary/aromatic N) is 1. The van der Waals surface area contributed by atoms with Crippen molar-refractivity contribution >= 4 is 12.2 Å². The summed E-state index contributed by atoms with van der Waals surface area (Å²) in [6.07, 6.45) is 0. The van der Waals surface area contributed by atoms with Crippen LogP contribution >= 0.6 is 12.2 Å². The van der Waals surface area contributed by atoms with Crippen molar-refractivity contribution in [3.8, 4) is 0 Å². The normalized spacial score (nSPS) is 9.56. The minimum atomic E-state index is 0.884. The summed E-state index contributed by atoms with van der Waals surface area (Å²) in [5.41, 5.74) is 1.20. The van der Waals surface area contributed by atoms with Crippen LogP contribution in [-0.4, -0.2) is 4.57 Å². The van der Waals surface area contributed by atoms with E-state index in [0.29, 0.717) is 0 Å². The summed E-state index contributed by atoms with van der Waals surface area (Å²) in [5, 5.41) is 0. The van der Waals surface area contributed by atoms with Crippen LogP contribution in [0.25, 0.3) is 0 Å². The number of aromatic nitrogens is 1. The summed E-state index contributed by atoms with van der Waals surface area (Å²) in [5.74, 6) is 0. The van der Waals surface area contributed by atoms with Crippen LogP contribution in [0.5, 0.6) is 0 Å². The molecule has 0 aliphatic heterocycles. The standard InChI is InChI=1S/C7H9NS/c1-6-4-3-5-7(9)8(6)2/h3-5H,1-2H3. The number of hydrogen-bond donors (Lipinski definition) is 0. The van der Waals surface area contributed by atoms with Gasteiger partial charge in [-0.3, -0.25) is 0 Å². The fraction of sp³-hybridized carbons (Fsp3) is 0.286. The maximum Gasteiger partial charge on any atom is 0.105 e. The Labute approximate surface area is 59.9 Å². The lowest BCUT2D eigenvalue weighted by molar-refractivity contribution is 0.842. The van der Waals surface area contributed by atoms with Gasteiger partial charge >= 0.3 is 0 Å². The smallest absolute Gasteiger partial charge is 0.105 e. The first-order chi connectivity index (χ1) is 4.22. The molecule has 0 fully saturated rings. The molecule has 1 aromatic rings. The summed E-state index contributed by atoms with van der Waals surface area (Å²) >= 11 is 5.00. The third-order valence-electron chi connectivity index (χ3n) is 1.44. The lowest BCUT2D eigenvalue weighted by Gasteiger charge is -2.00. The van der Waals surface area contributed by atoms with Crippen molar-refractivity contribution in [3.63, 3.8) is 0 Å². The molecule has 0 aromatic carbocycles. The highest BCUT2D eigenvalue weighted by molar-refractivity contribution is 7.71. The van der Waals surface area contributed by atoms with Crippen molar-refractivity contribution in [1.29, 1.82) is 0 Å². The molecule has 0 amide bonds. The molecular weight excluding hydrogens is 130 g/mol. The Balaban J connectivity index is 3.43. The first-order valence-electron chi connectivity index (χ1n) is 2.84. The summed E-state index contributed by atoms with van der Waals surface area (Å²) in [6, 6.07) is 5.93. The van der Waals surface area contributed by atoms with Gasteiger partial charge in [0.1, 0.15) is 4.64 Å². The average Bonchev–Trinajstić information content (AvgIpc) is 1.83. The summed E-state index contributed by atoms with van der Waals surface area (Å²) < 4.78 is 2.87. The zero-order valence-corrected chi connectivity index (χ0v) is 6.40. The highest BCUT2D eigenvalue weighted by Gasteiger charge is 1.85. The van der Waals surface area contributed by atoms with E-state index in [1.54, 1.807) is 0 Å². The van der Waals surface area contributed by atoms with E-state index < -0.39 is 0 Å². The van der Waals surface area contributed by atoms with Crippen LogP contribution in [-0.2, 0) is 7.05 Å².